The number of aliphatic hydroxyl groups excluding tert-OH is 1. The van der Waals surface area contributed by atoms with E-state index in [0.29, 0.717) is 5.75 Å². The fraction of sp³-hybridized carbons (Fsp3) is 0.455. The first-order chi connectivity index (χ1) is 6.72. The highest BCUT2D eigenvalue weighted by Gasteiger charge is 2.11. The molecule has 0 aromatic heterocycles. The normalized spacial score (nSPS) is 12.6. The Morgan fingerprint density at radius 1 is 1.50 bits per heavy atom. The molecule has 1 atom stereocenters. The number of rotatable bonds is 4. The van der Waals surface area contributed by atoms with Crippen LogP contribution in [-0.4, -0.2) is 19.3 Å². The lowest BCUT2D eigenvalue weighted by atomic mass is 10.1. The summed E-state index contributed by atoms with van der Waals surface area (Å²) in [6.45, 7) is 2.08. The SMILES string of the molecule is CCc1ccc(OC)c(C(O)NC)c1. The van der Waals surface area contributed by atoms with Crippen molar-refractivity contribution >= 4 is 0 Å². The third-order valence-corrected chi connectivity index (χ3v) is 2.27. The van der Waals surface area contributed by atoms with Gasteiger partial charge in [0.2, 0.25) is 0 Å². The van der Waals surface area contributed by atoms with E-state index in [-0.39, 0.29) is 0 Å². The van der Waals surface area contributed by atoms with Crippen molar-refractivity contribution in [2.45, 2.75) is 19.6 Å². The Labute approximate surface area is 84.7 Å². The topological polar surface area (TPSA) is 41.5 Å². The van der Waals surface area contributed by atoms with Crippen molar-refractivity contribution in [3.8, 4) is 5.75 Å². The summed E-state index contributed by atoms with van der Waals surface area (Å²) in [6.07, 6.45) is 0.282. The highest BCUT2D eigenvalue weighted by atomic mass is 16.5. The van der Waals surface area contributed by atoms with E-state index in [1.54, 1.807) is 14.2 Å². The van der Waals surface area contributed by atoms with Crippen molar-refractivity contribution in [2.24, 2.45) is 0 Å². The average Bonchev–Trinajstić information content (AvgIpc) is 2.27. The van der Waals surface area contributed by atoms with Gasteiger partial charge in [-0.25, -0.2) is 0 Å². The first-order valence-electron chi connectivity index (χ1n) is 4.75. The second kappa shape index (κ2) is 4.98. The zero-order valence-electron chi connectivity index (χ0n) is 8.87. The van der Waals surface area contributed by atoms with Gasteiger partial charge in [0.1, 0.15) is 12.0 Å². The zero-order valence-corrected chi connectivity index (χ0v) is 8.87. The third kappa shape index (κ3) is 2.25. The molecule has 0 bridgehead atoms. The molecule has 3 heteroatoms. The van der Waals surface area contributed by atoms with E-state index in [1.807, 2.05) is 18.2 Å². The van der Waals surface area contributed by atoms with Gasteiger partial charge in [-0.3, -0.25) is 5.32 Å². The summed E-state index contributed by atoms with van der Waals surface area (Å²) < 4.78 is 5.17. The molecule has 0 spiro atoms. The van der Waals surface area contributed by atoms with Crippen LogP contribution in [0.2, 0.25) is 0 Å². The summed E-state index contributed by atoms with van der Waals surface area (Å²) in [5.74, 6) is 0.712. The molecule has 0 aliphatic carbocycles. The van der Waals surface area contributed by atoms with Crippen LogP contribution in [0.3, 0.4) is 0 Å². The van der Waals surface area contributed by atoms with Crippen LogP contribution in [0, 0.1) is 0 Å². The molecule has 14 heavy (non-hydrogen) atoms. The van der Waals surface area contributed by atoms with Crippen molar-refractivity contribution in [2.75, 3.05) is 14.2 Å². The van der Waals surface area contributed by atoms with E-state index in [1.165, 1.54) is 5.56 Å². The minimum absolute atomic E-state index is 0.670. The van der Waals surface area contributed by atoms with Gasteiger partial charge in [-0.1, -0.05) is 13.0 Å². The molecule has 1 rings (SSSR count). The average molecular weight is 195 g/mol. The Morgan fingerprint density at radius 2 is 2.21 bits per heavy atom. The number of hydrogen-bond acceptors (Lipinski definition) is 3. The predicted octanol–water partition coefficient (Wildman–Crippen LogP) is 1.47. The Kier molecular flexibility index (Phi) is 3.92. The van der Waals surface area contributed by atoms with Gasteiger partial charge in [-0.2, -0.15) is 0 Å². The summed E-state index contributed by atoms with van der Waals surface area (Å²) in [6, 6.07) is 5.85. The Bertz CT molecular complexity index is 299. The van der Waals surface area contributed by atoms with Gasteiger partial charge in [0.25, 0.3) is 0 Å². The van der Waals surface area contributed by atoms with E-state index in [9.17, 15) is 5.11 Å². The zero-order chi connectivity index (χ0) is 10.6. The fourth-order valence-electron chi connectivity index (χ4n) is 1.37. The van der Waals surface area contributed by atoms with Crippen LogP contribution in [0.15, 0.2) is 18.2 Å². The lowest BCUT2D eigenvalue weighted by Crippen LogP contribution is -2.16. The van der Waals surface area contributed by atoms with Crippen molar-refractivity contribution in [1.29, 1.82) is 0 Å². The second-order valence-corrected chi connectivity index (χ2v) is 3.12. The van der Waals surface area contributed by atoms with E-state index >= 15 is 0 Å². The predicted molar refractivity (Wildman–Crippen MR) is 56.4 cm³/mol. The number of aliphatic hydroxyl groups is 1. The largest absolute Gasteiger partial charge is 0.496 e. The van der Waals surface area contributed by atoms with Crippen LogP contribution in [-0.2, 0) is 6.42 Å². The molecule has 2 N–H and O–H groups in total. The molecular weight excluding hydrogens is 178 g/mol. The number of nitrogens with one attached hydrogen (secondary N) is 1. The van der Waals surface area contributed by atoms with E-state index < -0.39 is 6.23 Å². The Balaban J connectivity index is 3.08. The van der Waals surface area contributed by atoms with Crippen LogP contribution < -0.4 is 10.1 Å². The third-order valence-electron chi connectivity index (χ3n) is 2.27. The lowest BCUT2D eigenvalue weighted by molar-refractivity contribution is 0.145. The molecule has 0 aliphatic rings. The first-order valence-corrected chi connectivity index (χ1v) is 4.75. The molecule has 0 radical (unpaired) electrons. The van der Waals surface area contributed by atoms with E-state index in [2.05, 4.69) is 12.2 Å². The monoisotopic (exact) mass is 195 g/mol. The number of methoxy groups -OCH3 is 1. The van der Waals surface area contributed by atoms with Crippen molar-refractivity contribution in [3.63, 3.8) is 0 Å². The van der Waals surface area contributed by atoms with Gasteiger partial charge < -0.3 is 9.84 Å². The van der Waals surface area contributed by atoms with Crippen LogP contribution in [0.25, 0.3) is 0 Å². The summed E-state index contributed by atoms with van der Waals surface area (Å²) in [7, 11) is 3.32. The summed E-state index contributed by atoms with van der Waals surface area (Å²) in [5.41, 5.74) is 1.98. The van der Waals surface area contributed by atoms with Crippen molar-refractivity contribution in [1.82, 2.24) is 5.32 Å². The molecule has 0 saturated heterocycles. The standard InChI is InChI=1S/C11H17NO2/c1-4-8-5-6-10(14-3)9(7-8)11(13)12-2/h5-7,11-13H,4H2,1-3H3. The lowest BCUT2D eigenvalue weighted by Gasteiger charge is -2.14. The van der Waals surface area contributed by atoms with Gasteiger partial charge in [-0.05, 0) is 31.2 Å². The van der Waals surface area contributed by atoms with Crippen molar-refractivity contribution in [3.05, 3.63) is 29.3 Å². The molecule has 0 heterocycles. The maximum absolute atomic E-state index is 9.67. The highest BCUT2D eigenvalue weighted by molar-refractivity contribution is 5.38. The van der Waals surface area contributed by atoms with Gasteiger partial charge in [0.15, 0.2) is 0 Å². The number of aryl methyl sites for hydroxylation is 1. The van der Waals surface area contributed by atoms with Crippen molar-refractivity contribution < 1.29 is 9.84 Å². The molecule has 1 aromatic rings. The molecular formula is C11H17NO2. The van der Waals surface area contributed by atoms with Crippen LogP contribution in [0.1, 0.15) is 24.3 Å². The van der Waals surface area contributed by atoms with Gasteiger partial charge in [-0.15, -0.1) is 0 Å². The maximum atomic E-state index is 9.67. The first kappa shape index (κ1) is 11.0. The minimum Gasteiger partial charge on any atom is -0.496 e. The number of hydrogen-bond donors (Lipinski definition) is 2. The maximum Gasteiger partial charge on any atom is 0.134 e. The molecule has 0 fully saturated rings. The Hall–Kier alpha value is -1.06. The highest BCUT2D eigenvalue weighted by Crippen LogP contribution is 2.24. The van der Waals surface area contributed by atoms with Crippen LogP contribution in [0.4, 0.5) is 0 Å². The molecule has 0 saturated carbocycles. The molecule has 0 aliphatic heterocycles. The summed E-state index contributed by atoms with van der Waals surface area (Å²) >= 11 is 0. The minimum atomic E-state index is -0.670. The number of benzene rings is 1. The molecule has 0 amide bonds. The summed E-state index contributed by atoms with van der Waals surface area (Å²) in [5, 5.41) is 12.5. The molecule has 3 nitrogen and oxygen atoms in total. The van der Waals surface area contributed by atoms with Crippen LogP contribution >= 0.6 is 0 Å². The van der Waals surface area contributed by atoms with E-state index in [0.717, 1.165) is 12.0 Å². The van der Waals surface area contributed by atoms with Crippen LogP contribution in [0.5, 0.6) is 5.75 Å². The van der Waals surface area contributed by atoms with Gasteiger partial charge in [0.05, 0.1) is 7.11 Å². The number of ether oxygens (including phenoxy) is 1. The summed E-state index contributed by atoms with van der Waals surface area (Å²) in [4.78, 5) is 0. The van der Waals surface area contributed by atoms with Gasteiger partial charge in [0, 0.05) is 5.56 Å². The van der Waals surface area contributed by atoms with Gasteiger partial charge >= 0.3 is 0 Å². The Morgan fingerprint density at radius 3 is 2.71 bits per heavy atom. The molecule has 1 unspecified atom stereocenters. The fourth-order valence-corrected chi connectivity index (χ4v) is 1.37. The molecule has 1 aromatic carbocycles. The molecule has 78 valence electrons. The quantitative estimate of drug-likeness (QED) is 0.715. The second-order valence-electron chi connectivity index (χ2n) is 3.12. The smallest absolute Gasteiger partial charge is 0.134 e. The van der Waals surface area contributed by atoms with E-state index in [4.69, 9.17) is 4.74 Å².